The molecule has 0 bridgehead atoms. The number of amides is 1. The maximum Gasteiger partial charge on any atom is 0.223 e. The van der Waals surface area contributed by atoms with Gasteiger partial charge < -0.3 is 10.0 Å². The van der Waals surface area contributed by atoms with Crippen molar-refractivity contribution in [3.8, 4) is 0 Å². The number of rotatable bonds is 2. The molecular formula is C12H23NO2. The first-order valence-electron chi connectivity index (χ1n) is 5.64. The number of hydrogen-bond donors (Lipinski definition) is 1. The molecule has 0 saturated carbocycles. The number of carbonyl (C=O) groups is 1. The van der Waals surface area contributed by atoms with Crippen molar-refractivity contribution in [2.24, 2.45) is 11.3 Å². The summed E-state index contributed by atoms with van der Waals surface area (Å²) in [7, 11) is 0. The Hall–Kier alpha value is -0.570. The van der Waals surface area contributed by atoms with Crippen molar-refractivity contribution in [1.29, 1.82) is 0 Å². The molecule has 1 aliphatic rings. The van der Waals surface area contributed by atoms with Gasteiger partial charge in [-0.25, -0.2) is 0 Å². The molecule has 0 aromatic heterocycles. The van der Waals surface area contributed by atoms with Gasteiger partial charge in [0.2, 0.25) is 5.91 Å². The molecular weight excluding hydrogens is 190 g/mol. The predicted octanol–water partition coefficient (Wildman–Crippen LogP) is 1.65. The molecule has 1 amide bonds. The third-order valence-corrected chi connectivity index (χ3v) is 3.04. The first-order chi connectivity index (χ1) is 6.64. The molecule has 15 heavy (non-hydrogen) atoms. The fraction of sp³-hybridized carbons (Fsp3) is 0.917. The fourth-order valence-corrected chi connectivity index (χ4v) is 1.72. The number of aliphatic hydroxyl groups is 1. The van der Waals surface area contributed by atoms with E-state index in [0.717, 1.165) is 0 Å². The predicted molar refractivity (Wildman–Crippen MR) is 60.4 cm³/mol. The lowest BCUT2D eigenvalue weighted by molar-refractivity contribution is -0.165. The highest BCUT2D eigenvalue weighted by atomic mass is 16.3. The van der Waals surface area contributed by atoms with Crippen molar-refractivity contribution < 1.29 is 9.90 Å². The van der Waals surface area contributed by atoms with Gasteiger partial charge in [0.05, 0.1) is 13.1 Å². The minimum absolute atomic E-state index is 0.0304. The van der Waals surface area contributed by atoms with Gasteiger partial charge in [-0.2, -0.15) is 0 Å². The number of carbonyl (C=O) groups excluding carboxylic acids is 1. The van der Waals surface area contributed by atoms with Gasteiger partial charge in [-0.15, -0.1) is 0 Å². The average Bonchev–Trinajstić information content (AvgIpc) is 1.94. The molecule has 3 nitrogen and oxygen atoms in total. The Bertz CT molecular complexity index is 247. The second-order valence-corrected chi connectivity index (χ2v) is 6.25. The molecule has 0 aliphatic carbocycles. The van der Waals surface area contributed by atoms with E-state index >= 15 is 0 Å². The van der Waals surface area contributed by atoms with E-state index in [9.17, 15) is 9.90 Å². The molecule has 1 aliphatic heterocycles. The van der Waals surface area contributed by atoms with Gasteiger partial charge in [0, 0.05) is 6.42 Å². The van der Waals surface area contributed by atoms with E-state index < -0.39 is 5.60 Å². The summed E-state index contributed by atoms with van der Waals surface area (Å²) < 4.78 is 0. The maximum absolute atomic E-state index is 11.8. The molecule has 1 heterocycles. The van der Waals surface area contributed by atoms with Gasteiger partial charge >= 0.3 is 0 Å². The zero-order valence-corrected chi connectivity index (χ0v) is 10.5. The largest absolute Gasteiger partial charge is 0.386 e. The van der Waals surface area contributed by atoms with Crippen molar-refractivity contribution in [3.05, 3.63) is 0 Å². The van der Waals surface area contributed by atoms with Crippen LogP contribution in [0.4, 0.5) is 0 Å². The Balaban J connectivity index is 2.42. The molecule has 3 heteroatoms. The molecule has 0 aromatic rings. The first kappa shape index (κ1) is 12.5. The zero-order chi connectivity index (χ0) is 11.9. The number of hydrogen-bond acceptors (Lipinski definition) is 2. The summed E-state index contributed by atoms with van der Waals surface area (Å²) in [5, 5.41) is 10.0. The third-order valence-electron chi connectivity index (χ3n) is 3.04. The van der Waals surface area contributed by atoms with Crippen LogP contribution in [0.1, 0.15) is 41.0 Å². The smallest absolute Gasteiger partial charge is 0.223 e. The summed E-state index contributed by atoms with van der Waals surface area (Å²) in [5.41, 5.74) is -0.615. The Morgan fingerprint density at radius 2 is 1.87 bits per heavy atom. The standard InChI is InChI=1S/C12H23NO2/c1-9(2)12(15)7-13(8-12)10(14)6-11(3,4)5/h9,15H,6-8H2,1-5H3. The van der Waals surface area contributed by atoms with E-state index in [1.165, 1.54) is 0 Å². The third kappa shape index (κ3) is 2.94. The van der Waals surface area contributed by atoms with Crippen LogP contribution in [0.3, 0.4) is 0 Å². The van der Waals surface area contributed by atoms with Crippen molar-refractivity contribution in [1.82, 2.24) is 4.90 Å². The summed E-state index contributed by atoms with van der Waals surface area (Å²) in [5.74, 6) is 0.379. The molecule has 0 radical (unpaired) electrons. The van der Waals surface area contributed by atoms with Crippen LogP contribution >= 0.6 is 0 Å². The Kier molecular flexibility index (Phi) is 3.15. The van der Waals surface area contributed by atoms with Crippen LogP contribution in [-0.4, -0.2) is 34.6 Å². The van der Waals surface area contributed by atoms with Crippen LogP contribution in [0, 0.1) is 11.3 Å². The zero-order valence-electron chi connectivity index (χ0n) is 10.5. The normalized spacial score (nSPS) is 20.3. The Morgan fingerprint density at radius 1 is 1.40 bits per heavy atom. The van der Waals surface area contributed by atoms with E-state index in [-0.39, 0.29) is 17.2 Å². The van der Waals surface area contributed by atoms with Crippen LogP contribution in [0.15, 0.2) is 0 Å². The van der Waals surface area contributed by atoms with Gasteiger partial charge in [-0.05, 0) is 11.3 Å². The lowest BCUT2D eigenvalue weighted by atomic mass is 9.82. The average molecular weight is 213 g/mol. The highest BCUT2D eigenvalue weighted by molar-refractivity contribution is 5.78. The molecule has 1 fully saturated rings. The number of nitrogens with zero attached hydrogens (tertiary/aromatic N) is 1. The van der Waals surface area contributed by atoms with Crippen molar-refractivity contribution in [3.63, 3.8) is 0 Å². The van der Waals surface area contributed by atoms with Crippen molar-refractivity contribution in [2.45, 2.75) is 46.6 Å². The van der Waals surface area contributed by atoms with E-state index in [0.29, 0.717) is 19.5 Å². The van der Waals surface area contributed by atoms with Crippen molar-refractivity contribution in [2.75, 3.05) is 13.1 Å². The van der Waals surface area contributed by atoms with E-state index in [1.807, 2.05) is 13.8 Å². The molecule has 88 valence electrons. The van der Waals surface area contributed by atoms with E-state index in [1.54, 1.807) is 4.90 Å². The number of β-amino-alcohol motifs (C(OH)–C–C–N with tert-alkyl or cyclic N) is 1. The highest BCUT2D eigenvalue weighted by Crippen LogP contribution is 2.30. The second-order valence-electron chi connectivity index (χ2n) is 6.25. The van der Waals surface area contributed by atoms with Gasteiger partial charge in [-0.1, -0.05) is 34.6 Å². The summed E-state index contributed by atoms with van der Waals surface area (Å²) in [4.78, 5) is 13.5. The maximum atomic E-state index is 11.8. The lowest BCUT2D eigenvalue weighted by Gasteiger charge is -2.49. The van der Waals surface area contributed by atoms with E-state index in [4.69, 9.17) is 0 Å². The molecule has 0 atom stereocenters. The summed E-state index contributed by atoms with van der Waals surface area (Å²) >= 11 is 0. The van der Waals surface area contributed by atoms with Gasteiger partial charge in [0.25, 0.3) is 0 Å². The minimum Gasteiger partial charge on any atom is -0.386 e. The molecule has 0 unspecified atom stereocenters. The van der Waals surface area contributed by atoms with Gasteiger partial charge in [0.1, 0.15) is 5.60 Å². The minimum atomic E-state index is -0.645. The Labute approximate surface area is 92.5 Å². The van der Waals surface area contributed by atoms with Gasteiger partial charge in [-0.3, -0.25) is 4.79 Å². The highest BCUT2D eigenvalue weighted by Gasteiger charge is 2.45. The van der Waals surface area contributed by atoms with Crippen LogP contribution in [0.25, 0.3) is 0 Å². The molecule has 0 spiro atoms. The van der Waals surface area contributed by atoms with Crippen molar-refractivity contribution >= 4 is 5.91 Å². The van der Waals surface area contributed by atoms with Crippen LogP contribution in [-0.2, 0) is 4.79 Å². The number of likely N-dealkylation sites (tertiary alicyclic amines) is 1. The first-order valence-corrected chi connectivity index (χ1v) is 5.64. The van der Waals surface area contributed by atoms with Crippen LogP contribution < -0.4 is 0 Å². The van der Waals surface area contributed by atoms with Gasteiger partial charge in [0.15, 0.2) is 0 Å². The second kappa shape index (κ2) is 3.78. The fourth-order valence-electron chi connectivity index (χ4n) is 1.72. The molecule has 1 rings (SSSR count). The van der Waals surface area contributed by atoms with E-state index in [2.05, 4.69) is 20.8 Å². The SMILES string of the molecule is CC(C)C1(O)CN(C(=O)CC(C)(C)C)C1. The lowest BCUT2D eigenvalue weighted by Crippen LogP contribution is -2.66. The van der Waals surface area contributed by atoms with Crippen LogP contribution in [0.5, 0.6) is 0 Å². The Morgan fingerprint density at radius 3 is 2.20 bits per heavy atom. The summed E-state index contributed by atoms with van der Waals surface area (Å²) in [6, 6.07) is 0. The molecule has 1 saturated heterocycles. The quantitative estimate of drug-likeness (QED) is 0.757. The summed E-state index contributed by atoms with van der Waals surface area (Å²) in [6.45, 7) is 11.1. The molecule has 0 aromatic carbocycles. The summed E-state index contributed by atoms with van der Waals surface area (Å²) in [6.07, 6.45) is 0.557. The van der Waals surface area contributed by atoms with Crippen LogP contribution in [0.2, 0.25) is 0 Å². The monoisotopic (exact) mass is 213 g/mol. The topological polar surface area (TPSA) is 40.5 Å². The molecule has 1 N–H and O–H groups in total.